The maximum Gasteiger partial charge on any atom is 0.228 e. The van der Waals surface area contributed by atoms with Crippen molar-refractivity contribution in [2.45, 2.75) is 32.2 Å². The number of anilines is 2. The highest BCUT2D eigenvalue weighted by Crippen LogP contribution is 2.25. The van der Waals surface area contributed by atoms with Crippen molar-refractivity contribution in [1.29, 1.82) is 5.26 Å². The summed E-state index contributed by atoms with van der Waals surface area (Å²) in [7, 11) is 2.12. The van der Waals surface area contributed by atoms with Gasteiger partial charge in [-0.3, -0.25) is 9.48 Å². The highest BCUT2D eigenvalue weighted by molar-refractivity contribution is 5.96. The summed E-state index contributed by atoms with van der Waals surface area (Å²) >= 11 is 0. The quantitative estimate of drug-likeness (QED) is 0.541. The molecule has 1 aliphatic heterocycles. The number of carbonyl (C=O) groups is 1. The molecule has 2 aromatic heterocycles. The number of carbonyl (C=O) groups excluding carboxylic acids is 1. The molecule has 1 saturated heterocycles. The molecule has 1 fully saturated rings. The molecule has 4 rings (SSSR count). The Kier molecular flexibility index (Phi) is 6.75. The topological polar surface area (TPSA) is 99.7 Å². The lowest BCUT2D eigenvalue weighted by Gasteiger charge is -2.28. The van der Waals surface area contributed by atoms with E-state index in [0.29, 0.717) is 17.2 Å². The second-order valence-electron chi connectivity index (χ2n) is 8.49. The highest BCUT2D eigenvalue weighted by Gasteiger charge is 2.19. The zero-order valence-corrected chi connectivity index (χ0v) is 18.7. The van der Waals surface area contributed by atoms with Crippen LogP contribution < -0.4 is 5.32 Å². The first-order valence-corrected chi connectivity index (χ1v) is 11.0. The molecule has 0 amide bonds. The van der Waals surface area contributed by atoms with Gasteiger partial charge in [0.2, 0.25) is 5.95 Å². The molecule has 33 heavy (non-hydrogen) atoms. The minimum absolute atomic E-state index is 0.122. The fourth-order valence-corrected chi connectivity index (χ4v) is 3.88. The number of nitrogens with zero attached hydrogens (tertiary/aromatic N) is 6. The van der Waals surface area contributed by atoms with E-state index in [1.807, 2.05) is 10.9 Å². The van der Waals surface area contributed by atoms with Crippen LogP contribution in [0.3, 0.4) is 0 Å². The molecule has 3 aromatic rings. The van der Waals surface area contributed by atoms with Gasteiger partial charge < -0.3 is 10.2 Å². The highest BCUT2D eigenvalue weighted by atomic mass is 19.1. The van der Waals surface area contributed by atoms with E-state index < -0.39 is 5.82 Å². The van der Waals surface area contributed by atoms with Gasteiger partial charge in [-0.25, -0.2) is 14.4 Å². The molecule has 9 heteroatoms. The summed E-state index contributed by atoms with van der Waals surface area (Å²) in [6.07, 6.45) is 7.00. The van der Waals surface area contributed by atoms with Crippen LogP contribution in [0.2, 0.25) is 0 Å². The summed E-state index contributed by atoms with van der Waals surface area (Å²) in [5.74, 6) is -0.770. The van der Waals surface area contributed by atoms with Gasteiger partial charge in [-0.15, -0.1) is 0 Å². The molecule has 1 aliphatic rings. The zero-order chi connectivity index (χ0) is 23.4. The van der Waals surface area contributed by atoms with Crippen LogP contribution >= 0.6 is 0 Å². The third kappa shape index (κ3) is 5.41. The van der Waals surface area contributed by atoms with Gasteiger partial charge in [0.1, 0.15) is 5.69 Å². The molecule has 1 aromatic carbocycles. The van der Waals surface area contributed by atoms with Crippen molar-refractivity contribution in [2.24, 2.45) is 5.92 Å². The number of halogens is 1. The summed E-state index contributed by atoms with van der Waals surface area (Å²) in [6.45, 7) is 3.79. The zero-order valence-electron chi connectivity index (χ0n) is 18.7. The van der Waals surface area contributed by atoms with Crippen molar-refractivity contribution in [1.82, 2.24) is 24.6 Å². The lowest BCUT2D eigenvalue weighted by atomic mass is 9.99. The van der Waals surface area contributed by atoms with Gasteiger partial charge in [-0.05, 0) is 39.9 Å². The molecule has 1 N–H and O–H groups in total. The molecular formula is C24H26FN7O. The van der Waals surface area contributed by atoms with E-state index in [-0.39, 0.29) is 29.8 Å². The third-order valence-corrected chi connectivity index (χ3v) is 5.86. The number of benzene rings is 1. The lowest BCUT2D eigenvalue weighted by molar-refractivity contribution is 0.0973. The number of nitrogens with one attached hydrogen (secondary N) is 1. The van der Waals surface area contributed by atoms with E-state index >= 15 is 0 Å². The SMILES string of the molecule is C[C@@H](C#N)CC(=O)c1ccc(-c2nc(Nc3cnn(C4CCN(C)CC4)c3)ncc2F)cc1. The van der Waals surface area contributed by atoms with Crippen LogP contribution in [0.15, 0.2) is 42.9 Å². The van der Waals surface area contributed by atoms with Gasteiger partial charge in [-0.2, -0.15) is 10.4 Å². The molecule has 170 valence electrons. The number of Topliss-reactive ketones (excluding diaryl/α,β-unsaturated/α-hetero) is 1. The van der Waals surface area contributed by atoms with Gasteiger partial charge in [0, 0.05) is 23.7 Å². The van der Waals surface area contributed by atoms with Crippen LogP contribution in [0.1, 0.15) is 42.6 Å². The monoisotopic (exact) mass is 447 g/mol. The molecule has 1 atom stereocenters. The minimum Gasteiger partial charge on any atom is -0.321 e. The molecule has 0 spiro atoms. The largest absolute Gasteiger partial charge is 0.321 e. The molecule has 0 aliphatic carbocycles. The fourth-order valence-electron chi connectivity index (χ4n) is 3.88. The Hall–Kier alpha value is -3.64. The number of hydrogen-bond acceptors (Lipinski definition) is 7. The van der Waals surface area contributed by atoms with Gasteiger partial charge in [0.05, 0.1) is 36.1 Å². The Balaban J connectivity index is 1.47. The standard InChI is InChI=1S/C24H26FN7O/c1-16(12-26)11-22(33)17-3-5-18(6-4-17)23-21(25)14-27-24(30-23)29-19-13-28-32(15-19)20-7-9-31(2)10-8-20/h3-6,13-16,20H,7-11H2,1-2H3,(H,27,29,30)/t16-/m1/s1. The molecular weight excluding hydrogens is 421 g/mol. The summed E-state index contributed by atoms with van der Waals surface area (Å²) in [6, 6.07) is 8.97. The van der Waals surface area contributed by atoms with E-state index in [0.717, 1.165) is 37.8 Å². The van der Waals surface area contributed by atoms with Crippen LogP contribution in [-0.4, -0.2) is 50.6 Å². The van der Waals surface area contributed by atoms with Gasteiger partial charge in [-0.1, -0.05) is 24.3 Å². The molecule has 0 bridgehead atoms. The van der Waals surface area contributed by atoms with Gasteiger partial charge >= 0.3 is 0 Å². The number of rotatable bonds is 7. The van der Waals surface area contributed by atoms with E-state index in [4.69, 9.17) is 5.26 Å². The summed E-state index contributed by atoms with van der Waals surface area (Å²) < 4.78 is 16.4. The second-order valence-corrected chi connectivity index (χ2v) is 8.49. The number of nitriles is 1. The third-order valence-electron chi connectivity index (χ3n) is 5.86. The normalized spacial score (nSPS) is 15.7. The minimum atomic E-state index is -0.556. The predicted octanol–water partition coefficient (Wildman–Crippen LogP) is 4.22. The van der Waals surface area contributed by atoms with E-state index in [1.165, 1.54) is 0 Å². The second kappa shape index (κ2) is 9.88. The van der Waals surface area contributed by atoms with Crippen LogP contribution in [0.4, 0.5) is 16.0 Å². The molecule has 0 saturated carbocycles. The number of ketones is 1. The van der Waals surface area contributed by atoms with Gasteiger partial charge in [0.15, 0.2) is 11.6 Å². The smallest absolute Gasteiger partial charge is 0.228 e. The van der Waals surface area contributed by atoms with Crippen molar-refractivity contribution in [2.75, 3.05) is 25.5 Å². The Labute approximate surface area is 192 Å². The first-order chi connectivity index (χ1) is 15.9. The Morgan fingerprint density at radius 2 is 2.00 bits per heavy atom. The Morgan fingerprint density at radius 3 is 2.70 bits per heavy atom. The summed E-state index contributed by atoms with van der Waals surface area (Å²) in [4.78, 5) is 22.9. The summed E-state index contributed by atoms with van der Waals surface area (Å²) in [5, 5.41) is 16.5. The number of hydrogen-bond donors (Lipinski definition) is 1. The molecule has 0 unspecified atom stereocenters. The van der Waals surface area contributed by atoms with Crippen molar-refractivity contribution in [3.8, 4) is 17.3 Å². The van der Waals surface area contributed by atoms with Crippen molar-refractivity contribution < 1.29 is 9.18 Å². The van der Waals surface area contributed by atoms with Crippen molar-refractivity contribution in [3.63, 3.8) is 0 Å². The van der Waals surface area contributed by atoms with Crippen molar-refractivity contribution in [3.05, 3.63) is 54.2 Å². The maximum absolute atomic E-state index is 14.5. The Morgan fingerprint density at radius 1 is 1.27 bits per heavy atom. The molecule has 3 heterocycles. The van der Waals surface area contributed by atoms with Crippen molar-refractivity contribution >= 4 is 17.4 Å². The average molecular weight is 448 g/mol. The number of aromatic nitrogens is 4. The van der Waals surface area contributed by atoms with Crippen LogP contribution in [-0.2, 0) is 0 Å². The van der Waals surface area contributed by atoms with Crippen LogP contribution in [0, 0.1) is 23.1 Å². The van der Waals surface area contributed by atoms with Gasteiger partial charge in [0.25, 0.3) is 0 Å². The average Bonchev–Trinajstić information content (AvgIpc) is 3.29. The number of likely N-dealkylation sites (tertiary alicyclic amines) is 1. The fraction of sp³-hybridized carbons (Fsp3) is 0.375. The number of piperidine rings is 1. The first-order valence-electron chi connectivity index (χ1n) is 11.0. The van der Waals surface area contributed by atoms with Crippen LogP contribution in [0.5, 0.6) is 0 Å². The van der Waals surface area contributed by atoms with E-state index in [2.05, 4.69) is 38.4 Å². The summed E-state index contributed by atoms with van der Waals surface area (Å²) in [5.41, 5.74) is 1.89. The molecule has 0 radical (unpaired) electrons. The van der Waals surface area contributed by atoms with E-state index in [1.54, 1.807) is 37.4 Å². The van der Waals surface area contributed by atoms with E-state index in [9.17, 15) is 9.18 Å². The molecule has 8 nitrogen and oxygen atoms in total. The first kappa shape index (κ1) is 22.6. The van der Waals surface area contributed by atoms with Crippen LogP contribution in [0.25, 0.3) is 11.3 Å². The maximum atomic E-state index is 14.5. The predicted molar refractivity (Wildman–Crippen MR) is 122 cm³/mol. The lowest BCUT2D eigenvalue weighted by Crippen LogP contribution is -2.31. The Bertz CT molecular complexity index is 1160.